The largest absolute Gasteiger partial charge is 0.397 e. The van der Waals surface area contributed by atoms with Crippen molar-refractivity contribution in [3.63, 3.8) is 0 Å². The molecule has 0 spiro atoms. The smallest absolute Gasteiger partial charge is 0.279 e. The number of hydrogen-bond donors (Lipinski definition) is 3. The summed E-state index contributed by atoms with van der Waals surface area (Å²) in [6.07, 6.45) is 2.48. The molecule has 4 nitrogen and oxygen atoms in total. The number of amides is 1. The molecule has 0 radical (unpaired) electrons. The van der Waals surface area contributed by atoms with Crippen molar-refractivity contribution in [2.45, 2.75) is 19.8 Å². The van der Waals surface area contributed by atoms with E-state index in [1.54, 1.807) is 18.2 Å². The third-order valence-electron chi connectivity index (χ3n) is 3.55. The molecule has 1 aromatic rings. The van der Waals surface area contributed by atoms with Crippen LogP contribution in [-0.2, 0) is 4.79 Å². The highest BCUT2D eigenvalue weighted by atomic mass is 35.5. The van der Waals surface area contributed by atoms with Crippen LogP contribution in [-0.4, -0.2) is 25.5 Å². The molecular formula is C14H21ClN3O+. The monoisotopic (exact) mass is 282 g/mol. The Kier molecular flexibility index (Phi) is 4.66. The van der Waals surface area contributed by atoms with Crippen LogP contribution in [0.3, 0.4) is 0 Å². The quantitative estimate of drug-likeness (QED) is 0.729. The third kappa shape index (κ3) is 4.11. The van der Waals surface area contributed by atoms with E-state index in [4.69, 9.17) is 17.3 Å². The molecule has 1 heterocycles. The van der Waals surface area contributed by atoms with Gasteiger partial charge in [-0.2, -0.15) is 0 Å². The highest BCUT2D eigenvalue weighted by molar-refractivity contribution is 6.33. The highest BCUT2D eigenvalue weighted by Crippen LogP contribution is 2.22. The van der Waals surface area contributed by atoms with E-state index < -0.39 is 0 Å². The van der Waals surface area contributed by atoms with Crippen LogP contribution < -0.4 is 16.0 Å². The number of nitrogen functional groups attached to an aromatic ring is 1. The van der Waals surface area contributed by atoms with Crippen molar-refractivity contribution in [1.82, 2.24) is 0 Å². The fraction of sp³-hybridized carbons (Fsp3) is 0.500. The molecule has 19 heavy (non-hydrogen) atoms. The normalized spacial score (nSPS) is 23.1. The summed E-state index contributed by atoms with van der Waals surface area (Å²) in [7, 11) is 0. The first-order chi connectivity index (χ1) is 9.04. The van der Waals surface area contributed by atoms with Crippen molar-refractivity contribution in [3.8, 4) is 0 Å². The van der Waals surface area contributed by atoms with E-state index >= 15 is 0 Å². The minimum absolute atomic E-state index is 0.0332. The van der Waals surface area contributed by atoms with E-state index in [0.29, 0.717) is 28.9 Å². The summed E-state index contributed by atoms with van der Waals surface area (Å²) in [6.45, 7) is 4.93. The van der Waals surface area contributed by atoms with Crippen molar-refractivity contribution in [1.29, 1.82) is 0 Å². The first kappa shape index (κ1) is 14.2. The molecule has 1 aliphatic heterocycles. The summed E-state index contributed by atoms with van der Waals surface area (Å²) < 4.78 is 0. The van der Waals surface area contributed by atoms with Crippen LogP contribution >= 0.6 is 11.6 Å². The van der Waals surface area contributed by atoms with Gasteiger partial charge in [0.05, 0.1) is 23.8 Å². The minimum atomic E-state index is 0.0332. The van der Waals surface area contributed by atoms with Crippen LogP contribution in [0.2, 0.25) is 5.02 Å². The first-order valence-corrected chi connectivity index (χ1v) is 7.11. The zero-order valence-electron chi connectivity index (χ0n) is 11.2. The van der Waals surface area contributed by atoms with Gasteiger partial charge in [0.15, 0.2) is 6.54 Å². The lowest BCUT2D eigenvalue weighted by Crippen LogP contribution is -3.14. The number of halogens is 1. The maximum Gasteiger partial charge on any atom is 0.279 e. The predicted octanol–water partition coefficient (Wildman–Crippen LogP) is 1.18. The average Bonchev–Trinajstić information content (AvgIpc) is 2.34. The van der Waals surface area contributed by atoms with E-state index in [2.05, 4.69) is 12.2 Å². The van der Waals surface area contributed by atoms with E-state index in [-0.39, 0.29) is 5.91 Å². The zero-order valence-corrected chi connectivity index (χ0v) is 12.0. The number of rotatable bonds is 3. The van der Waals surface area contributed by atoms with Gasteiger partial charge >= 0.3 is 0 Å². The van der Waals surface area contributed by atoms with Crippen LogP contribution in [0.5, 0.6) is 0 Å². The van der Waals surface area contributed by atoms with Gasteiger partial charge in [0, 0.05) is 11.6 Å². The summed E-state index contributed by atoms with van der Waals surface area (Å²) in [6, 6.07) is 5.15. The van der Waals surface area contributed by atoms with Gasteiger partial charge in [0.1, 0.15) is 0 Å². The fourth-order valence-corrected chi connectivity index (χ4v) is 2.73. The second-order valence-electron chi connectivity index (χ2n) is 5.41. The molecule has 0 bridgehead atoms. The van der Waals surface area contributed by atoms with Crippen molar-refractivity contribution >= 4 is 28.9 Å². The molecule has 0 aromatic heterocycles. The van der Waals surface area contributed by atoms with Crippen LogP contribution in [0.1, 0.15) is 19.8 Å². The predicted molar refractivity (Wildman–Crippen MR) is 78.5 cm³/mol. The van der Waals surface area contributed by atoms with Gasteiger partial charge in [0.2, 0.25) is 0 Å². The van der Waals surface area contributed by atoms with Crippen molar-refractivity contribution < 1.29 is 9.69 Å². The Morgan fingerprint density at radius 2 is 2.37 bits per heavy atom. The number of nitrogens with two attached hydrogens (primary N) is 1. The lowest BCUT2D eigenvalue weighted by atomic mass is 10.0. The molecule has 1 aliphatic rings. The molecule has 1 saturated heterocycles. The van der Waals surface area contributed by atoms with Gasteiger partial charge in [-0.25, -0.2) is 0 Å². The fourth-order valence-electron chi connectivity index (χ4n) is 2.61. The SMILES string of the molecule is C[C@@H]1CCC[NH+](CC(=O)Nc2ccc(Cl)c(N)c2)C1. The van der Waals surface area contributed by atoms with Gasteiger partial charge < -0.3 is 16.0 Å². The van der Waals surface area contributed by atoms with Crippen LogP contribution in [0, 0.1) is 5.92 Å². The summed E-state index contributed by atoms with van der Waals surface area (Å²) in [5, 5.41) is 3.38. The van der Waals surface area contributed by atoms with Gasteiger partial charge in [-0.15, -0.1) is 0 Å². The van der Waals surface area contributed by atoms with Crippen molar-refractivity contribution in [2.24, 2.45) is 5.92 Å². The molecule has 1 aromatic carbocycles. The van der Waals surface area contributed by atoms with Crippen molar-refractivity contribution in [2.75, 3.05) is 30.7 Å². The van der Waals surface area contributed by atoms with E-state index in [0.717, 1.165) is 13.1 Å². The zero-order chi connectivity index (χ0) is 13.8. The lowest BCUT2D eigenvalue weighted by Gasteiger charge is -2.27. The molecule has 1 unspecified atom stereocenters. The van der Waals surface area contributed by atoms with Crippen LogP contribution in [0.15, 0.2) is 18.2 Å². The standard InChI is InChI=1S/C14H20ClN3O/c1-10-3-2-6-18(8-10)9-14(19)17-11-4-5-12(15)13(16)7-11/h4-5,7,10H,2-3,6,8-9,16H2,1H3,(H,17,19)/p+1/t10-/m1/s1. The molecule has 104 valence electrons. The number of benzene rings is 1. The Labute approximate surface area is 118 Å². The second kappa shape index (κ2) is 6.26. The number of likely N-dealkylation sites (tertiary alicyclic amines) is 1. The summed E-state index contributed by atoms with van der Waals surface area (Å²) in [5.74, 6) is 0.744. The number of anilines is 2. The Morgan fingerprint density at radius 3 is 3.05 bits per heavy atom. The van der Waals surface area contributed by atoms with Gasteiger partial charge in [-0.1, -0.05) is 18.5 Å². The van der Waals surface area contributed by atoms with Crippen LogP contribution in [0.4, 0.5) is 11.4 Å². The Hall–Kier alpha value is -1.26. The average molecular weight is 283 g/mol. The Balaban J connectivity index is 1.88. The third-order valence-corrected chi connectivity index (χ3v) is 3.90. The number of quaternary nitrogens is 1. The molecule has 1 fully saturated rings. The van der Waals surface area contributed by atoms with Gasteiger partial charge in [-0.05, 0) is 31.0 Å². The van der Waals surface area contributed by atoms with Gasteiger partial charge in [-0.3, -0.25) is 4.79 Å². The summed E-state index contributed by atoms with van der Waals surface area (Å²) in [5.41, 5.74) is 6.90. The number of hydrogen-bond acceptors (Lipinski definition) is 2. The molecule has 1 amide bonds. The highest BCUT2D eigenvalue weighted by Gasteiger charge is 2.21. The molecule has 2 atom stereocenters. The maximum atomic E-state index is 12.0. The Morgan fingerprint density at radius 1 is 1.58 bits per heavy atom. The topological polar surface area (TPSA) is 59.6 Å². The molecule has 0 aliphatic carbocycles. The van der Waals surface area contributed by atoms with E-state index in [9.17, 15) is 4.79 Å². The van der Waals surface area contributed by atoms with Crippen molar-refractivity contribution in [3.05, 3.63) is 23.2 Å². The number of nitrogens with one attached hydrogen (secondary N) is 2. The molecule has 0 saturated carbocycles. The number of piperidine rings is 1. The lowest BCUT2D eigenvalue weighted by molar-refractivity contribution is -0.900. The van der Waals surface area contributed by atoms with E-state index in [1.165, 1.54) is 17.7 Å². The second-order valence-corrected chi connectivity index (χ2v) is 5.82. The van der Waals surface area contributed by atoms with Gasteiger partial charge in [0.25, 0.3) is 5.91 Å². The minimum Gasteiger partial charge on any atom is -0.397 e. The molecular weight excluding hydrogens is 262 g/mol. The molecule has 4 N–H and O–H groups in total. The molecule has 2 rings (SSSR count). The van der Waals surface area contributed by atoms with Crippen LogP contribution in [0.25, 0.3) is 0 Å². The number of carbonyl (C=O) groups excluding carboxylic acids is 1. The van der Waals surface area contributed by atoms with E-state index in [1.807, 2.05) is 0 Å². The molecule has 5 heteroatoms. The maximum absolute atomic E-state index is 12.0. The first-order valence-electron chi connectivity index (χ1n) is 6.73. The summed E-state index contributed by atoms with van der Waals surface area (Å²) >= 11 is 5.85. The Bertz CT molecular complexity index is 464. The summed E-state index contributed by atoms with van der Waals surface area (Å²) in [4.78, 5) is 13.3. The number of carbonyl (C=O) groups is 1.